The number of halogens is 21. The third kappa shape index (κ3) is 14.2. The molecule has 0 aromatic carbocycles. The van der Waals surface area contributed by atoms with Gasteiger partial charge in [0.25, 0.3) is 0 Å². The fraction of sp³-hybridized carbons (Fsp3) is 0.889. The van der Waals surface area contributed by atoms with Crippen LogP contribution in [0.4, 0.5) is 92.2 Å². The molecule has 344 valence electrons. The molecule has 0 aromatic heterocycles. The summed E-state index contributed by atoms with van der Waals surface area (Å²) in [6.45, 7) is -10.3. The zero-order chi connectivity index (χ0) is 46.3. The molecule has 0 saturated heterocycles. The van der Waals surface area contributed by atoms with Crippen molar-refractivity contribution in [3.63, 3.8) is 0 Å². The van der Waals surface area contributed by atoms with E-state index in [-0.39, 0.29) is 0 Å². The molecule has 0 bridgehead atoms. The lowest BCUT2D eigenvalue weighted by atomic mass is 9.98. The van der Waals surface area contributed by atoms with Crippen molar-refractivity contribution in [2.45, 2.75) is 106 Å². The van der Waals surface area contributed by atoms with E-state index in [1.807, 2.05) is 0 Å². The standard InChI is InChI=1S/C27H29F21O10/c1-11(5-53-8-19(28,29)22(34,35)25(40,41)42)56-15(49)4-14(17(51)57-12(2)6-54-9-20(30,31)23(36,37)26(43,44)45)16(50)18(52)58-13(3)7-55-10-21(32,33)24(38,39)27(46,47)48/h11-14,16,50H,4-10H2,1-3H3. The Morgan fingerprint density at radius 3 is 0.983 bits per heavy atom. The zero-order valence-electron chi connectivity index (χ0n) is 28.9. The third-order valence-corrected chi connectivity index (χ3v) is 6.63. The predicted octanol–water partition coefficient (Wildman–Crippen LogP) is 6.70. The Kier molecular flexibility index (Phi) is 18.4. The lowest BCUT2D eigenvalue weighted by Crippen LogP contribution is -2.54. The van der Waals surface area contributed by atoms with E-state index < -0.39 is 148 Å². The third-order valence-electron chi connectivity index (χ3n) is 6.63. The molecule has 5 unspecified atom stereocenters. The highest BCUT2D eigenvalue weighted by Gasteiger charge is 2.74. The van der Waals surface area contributed by atoms with Gasteiger partial charge in [0, 0.05) is 0 Å². The summed E-state index contributed by atoms with van der Waals surface area (Å²) >= 11 is 0. The summed E-state index contributed by atoms with van der Waals surface area (Å²) in [4.78, 5) is 37.7. The van der Waals surface area contributed by atoms with Crippen LogP contribution in [0.3, 0.4) is 0 Å². The lowest BCUT2D eigenvalue weighted by Gasteiger charge is -2.28. The van der Waals surface area contributed by atoms with Gasteiger partial charge in [-0.15, -0.1) is 0 Å². The van der Waals surface area contributed by atoms with Crippen molar-refractivity contribution in [2.75, 3.05) is 39.6 Å². The van der Waals surface area contributed by atoms with Gasteiger partial charge in [0.2, 0.25) is 0 Å². The molecule has 0 aliphatic heterocycles. The molecule has 0 aromatic rings. The van der Waals surface area contributed by atoms with Crippen molar-refractivity contribution in [1.29, 1.82) is 0 Å². The highest BCUT2D eigenvalue weighted by atomic mass is 19.4. The summed E-state index contributed by atoms with van der Waals surface area (Å²) in [7, 11) is 0. The number of ether oxygens (including phenoxy) is 6. The predicted molar refractivity (Wildman–Crippen MR) is 141 cm³/mol. The Morgan fingerprint density at radius 1 is 0.448 bits per heavy atom. The van der Waals surface area contributed by atoms with Crippen molar-refractivity contribution in [1.82, 2.24) is 0 Å². The average Bonchev–Trinajstić information content (AvgIpc) is 3.00. The van der Waals surface area contributed by atoms with E-state index in [1.54, 1.807) is 0 Å². The van der Waals surface area contributed by atoms with Crippen LogP contribution in [0.5, 0.6) is 0 Å². The quantitative estimate of drug-likeness (QED) is 0.0673. The van der Waals surface area contributed by atoms with Gasteiger partial charge in [-0.1, -0.05) is 0 Å². The molecule has 0 amide bonds. The van der Waals surface area contributed by atoms with Crippen LogP contribution in [0.1, 0.15) is 27.2 Å². The first-order chi connectivity index (χ1) is 25.6. The van der Waals surface area contributed by atoms with Gasteiger partial charge in [0.05, 0.1) is 26.2 Å². The summed E-state index contributed by atoms with van der Waals surface area (Å²) in [6, 6.07) is 0. The maximum atomic E-state index is 13.5. The van der Waals surface area contributed by atoms with Crippen molar-refractivity contribution >= 4 is 17.9 Å². The summed E-state index contributed by atoms with van der Waals surface area (Å²) in [6.07, 6.45) is -30.9. The second-order valence-corrected chi connectivity index (χ2v) is 11.9. The number of hydrogen-bond donors (Lipinski definition) is 1. The van der Waals surface area contributed by atoms with Gasteiger partial charge in [0.15, 0.2) is 6.10 Å². The number of esters is 3. The van der Waals surface area contributed by atoms with Crippen LogP contribution in [0.2, 0.25) is 0 Å². The first-order valence-corrected chi connectivity index (χ1v) is 15.1. The number of hydrogen-bond acceptors (Lipinski definition) is 10. The van der Waals surface area contributed by atoms with Gasteiger partial charge in [-0.05, 0) is 20.8 Å². The number of rotatable bonds is 23. The smallest absolute Gasteiger partial charge is 0.459 e. The van der Waals surface area contributed by atoms with E-state index in [0.29, 0.717) is 20.8 Å². The molecular weight excluding hydrogens is 883 g/mol. The number of aliphatic hydroxyl groups excluding tert-OH is 1. The van der Waals surface area contributed by atoms with Crippen LogP contribution >= 0.6 is 0 Å². The molecule has 0 rings (SSSR count). The van der Waals surface area contributed by atoms with Crippen LogP contribution < -0.4 is 0 Å². The number of aliphatic hydroxyl groups is 1. The molecule has 10 nitrogen and oxygen atoms in total. The van der Waals surface area contributed by atoms with Gasteiger partial charge in [0.1, 0.15) is 44.1 Å². The van der Waals surface area contributed by atoms with Gasteiger partial charge < -0.3 is 33.5 Å². The topological polar surface area (TPSA) is 127 Å². The van der Waals surface area contributed by atoms with Crippen LogP contribution in [0.25, 0.3) is 0 Å². The minimum atomic E-state index is -6.78. The SMILES string of the molecule is CC(COCC(F)(F)C(F)(F)C(F)(F)F)OC(=O)CC(C(=O)OC(C)COCC(F)(F)C(F)(F)C(F)(F)F)C(O)C(=O)OC(C)COCC(F)(F)C(F)(F)C(F)(F)F. The monoisotopic (exact) mass is 912 g/mol. The number of carbonyl (C=O) groups excluding carboxylic acids is 3. The van der Waals surface area contributed by atoms with E-state index in [0.717, 1.165) is 0 Å². The van der Waals surface area contributed by atoms with Crippen molar-refractivity contribution in [3.8, 4) is 0 Å². The summed E-state index contributed by atoms with van der Waals surface area (Å²) in [5.74, 6) is -46.3. The normalized spacial score (nSPS) is 16.9. The Bertz CT molecular complexity index is 1350. The summed E-state index contributed by atoms with van der Waals surface area (Å²) in [5, 5.41) is 10.4. The molecule has 0 saturated carbocycles. The Morgan fingerprint density at radius 2 is 0.707 bits per heavy atom. The van der Waals surface area contributed by atoms with Crippen molar-refractivity contribution < 1.29 is 140 Å². The van der Waals surface area contributed by atoms with E-state index >= 15 is 0 Å². The highest BCUT2D eigenvalue weighted by Crippen LogP contribution is 2.48. The first kappa shape index (κ1) is 54.8. The van der Waals surface area contributed by atoms with Crippen molar-refractivity contribution in [2.24, 2.45) is 5.92 Å². The molecule has 31 heteroatoms. The van der Waals surface area contributed by atoms with E-state index in [2.05, 4.69) is 28.4 Å². The van der Waals surface area contributed by atoms with Gasteiger partial charge in [-0.25, -0.2) is 4.79 Å². The van der Waals surface area contributed by atoms with Crippen LogP contribution in [-0.2, 0) is 42.8 Å². The zero-order valence-corrected chi connectivity index (χ0v) is 28.9. The molecule has 0 fully saturated rings. The largest absolute Gasteiger partial charge is 0.460 e. The van der Waals surface area contributed by atoms with E-state index in [9.17, 15) is 112 Å². The van der Waals surface area contributed by atoms with Gasteiger partial charge >= 0.3 is 72.0 Å². The maximum Gasteiger partial charge on any atom is 0.459 e. The Balaban J connectivity index is 5.88. The average molecular weight is 912 g/mol. The molecule has 0 aliphatic rings. The molecule has 5 atom stereocenters. The van der Waals surface area contributed by atoms with E-state index in [1.165, 1.54) is 0 Å². The summed E-state index contributed by atoms with van der Waals surface area (Å²) < 4.78 is 295. The van der Waals surface area contributed by atoms with Crippen LogP contribution in [-0.4, -0.2) is 141 Å². The van der Waals surface area contributed by atoms with Gasteiger partial charge in [-0.3, -0.25) is 9.59 Å². The number of carbonyl (C=O) groups is 3. The minimum absolute atomic E-state index is 0.646. The molecule has 0 heterocycles. The lowest BCUT2D eigenvalue weighted by molar-refractivity contribution is -0.362. The highest BCUT2D eigenvalue weighted by molar-refractivity contribution is 5.87. The number of alkyl halides is 21. The fourth-order valence-electron chi connectivity index (χ4n) is 3.55. The van der Waals surface area contributed by atoms with Crippen LogP contribution in [0, 0.1) is 5.92 Å². The Labute approximate surface area is 310 Å². The molecule has 0 radical (unpaired) electrons. The van der Waals surface area contributed by atoms with E-state index in [4.69, 9.17) is 0 Å². The molecule has 0 aliphatic carbocycles. The van der Waals surface area contributed by atoms with Gasteiger partial charge in [-0.2, -0.15) is 92.2 Å². The molecule has 1 N–H and O–H groups in total. The molecule has 58 heavy (non-hydrogen) atoms. The second kappa shape index (κ2) is 19.4. The second-order valence-electron chi connectivity index (χ2n) is 11.9. The first-order valence-electron chi connectivity index (χ1n) is 15.1. The fourth-order valence-corrected chi connectivity index (χ4v) is 3.55. The van der Waals surface area contributed by atoms with Crippen LogP contribution in [0.15, 0.2) is 0 Å². The maximum absolute atomic E-state index is 13.5. The van der Waals surface area contributed by atoms with Crippen molar-refractivity contribution in [3.05, 3.63) is 0 Å². The molecule has 0 spiro atoms. The summed E-state index contributed by atoms with van der Waals surface area (Å²) in [5.41, 5.74) is 0. The molecular formula is C27H29F21O10. The minimum Gasteiger partial charge on any atom is -0.460 e. The Hall–Kier alpha value is -3.22.